The SMILES string of the molecule is CN[C@H]1C(=O)CN2CCCC12. The van der Waals surface area contributed by atoms with E-state index in [1.54, 1.807) is 0 Å². The van der Waals surface area contributed by atoms with Crippen LogP contribution in [0.1, 0.15) is 12.8 Å². The Kier molecular flexibility index (Phi) is 1.69. The lowest BCUT2D eigenvalue weighted by Crippen LogP contribution is -2.40. The van der Waals surface area contributed by atoms with E-state index in [0.717, 1.165) is 6.54 Å². The van der Waals surface area contributed by atoms with Gasteiger partial charge in [0.1, 0.15) is 0 Å². The summed E-state index contributed by atoms with van der Waals surface area (Å²) in [6.45, 7) is 1.80. The Morgan fingerprint density at radius 2 is 2.45 bits per heavy atom. The summed E-state index contributed by atoms with van der Waals surface area (Å²) in [5.41, 5.74) is 0. The average Bonchev–Trinajstić information content (AvgIpc) is 2.46. The minimum atomic E-state index is 0.123. The first-order valence-corrected chi connectivity index (χ1v) is 4.27. The van der Waals surface area contributed by atoms with E-state index >= 15 is 0 Å². The maximum Gasteiger partial charge on any atom is 0.165 e. The van der Waals surface area contributed by atoms with E-state index in [1.165, 1.54) is 12.8 Å². The van der Waals surface area contributed by atoms with Crippen molar-refractivity contribution in [3.8, 4) is 0 Å². The van der Waals surface area contributed by atoms with E-state index < -0.39 is 0 Å². The highest BCUT2D eigenvalue weighted by Gasteiger charge is 2.41. The number of likely N-dealkylation sites (N-methyl/N-ethyl adjacent to an activating group) is 1. The Morgan fingerprint density at radius 3 is 3.18 bits per heavy atom. The number of nitrogens with zero attached hydrogens (tertiary/aromatic N) is 1. The van der Waals surface area contributed by atoms with Crippen LogP contribution in [0.5, 0.6) is 0 Å². The zero-order chi connectivity index (χ0) is 7.84. The Hall–Kier alpha value is -0.410. The molecule has 3 heteroatoms. The van der Waals surface area contributed by atoms with Crippen molar-refractivity contribution in [1.82, 2.24) is 10.2 Å². The lowest BCUT2D eigenvalue weighted by atomic mass is 10.1. The molecule has 0 aromatic heterocycles. The summed E-state index contributed by atoms with van der Waals surface area (Å²) >= 11 is 0. The molecule has 0 aliphatic carbocycles. The molecule has 0 radical (unpaired) electrons. The number of rotatable bonds is 1. The molecule has 2 aliphatic rings. The van der Waals surface area contributed by atoms with Gasteiger partial charge in [0, 0.05) is 6.04 Å². The van der Waals surface area contributed by atoms with Crippen LogP contribution in [0.25, 0.3) is 0 Å². The summed E-state index contributed by atoms with van der Waals surface area (Å²) in [4.78, 5) is 13.6. The van der Waals surface area contributed by atoms with Gasteiger partial charge in [-0.3, -0.25) is 9.69 Å². The molecule has 2 saturated heterocycles. The van der Waals surface area contributed by atoms with Crippen LogP contribution < -0.4 is 5.32 Å². The molecule has 11 heavy (non-hydrogen) atoms. The Morgan fingerprint density at radius 1 is 1.64 bits per heavy atom. The van der Waals surface area contributed by atoms with Gasteiger partial charge in [-0.2, -0.15) is 0 Å². The van der Waals surface area contributed by atoms with Gasteiger partial charge < -0.3 is 5.32 Å². The van der Waals surface area contributed by atoms with Crippen molar-refractivity contribution in [1.29, 1.82) is 0 Å². The van der Waals surface area contributed by atoms with Gasteiger partial charge in [-0.1, -0.05) is 0 Å². The van der Waals surface area contributed by atoms with Crippen molar-refractivity contribution in [3.63, 3.8) is 0 Å². The van der Waals surface area contributed by atoms with Gasteiger partial charge in [0.15, 0.2) is 5.78 Å². The molecule has 0 aromatic rings. The van der Waals surface area contributed by atoms with E-state index in [9.17, 15) is 4.79 Å². The van der Waals surface area contributed by atoms with Gasteiger partial charge in [-0.15, -0.1) is 0 Å². The van der Waals surface area contributed by atoms with E-state index in [1.807, 2.05) is 7.05 Å². The van der Waals surface area contributed by atoms with E-state index in [-0.39, 0.29) is 6.04 Å². The van der Waals surface area contributed by atoms with Crippen molar-refractivity contribution in [2.24, 2.45) is 0 Å². The van der Waals surface area contributed by atoms with Crippen LogP contribution in [-0.2, 0) is 4.79 Å². The van der Waals surface area contributed by atoms with Crippen LogP contribution in [0.4, 0.5) is 0 Å². The fraction of sp³-hybridized carbons (Fsp3) is 0.875. The lowest BCUT2D eigenvalue weighted by molar-refractivity contribution is -0.118. The van der Waals surface area contributed by atoms with Gasteiger partial charge in [-0.25, -0.2) is 0 Å². The van der Waals surface area contributed by atoms with Crippen LogP contribution in [0.2, 0.25) is 0 Å². The summed E-state index contributed by atoms with van der Waals surface area (Å²) in [7, 11) is 1.88. The molecule has 0 bridgehead atoms. The van der Waals surface area contributed by atoms with Gasteiger partial charge in [0.05, 0.1) is 12.6 Å². The second-order valence-corrected chi connectivity index (χ2v) is 3.41. The predicted molar refractivity (Wildman–Crippen MR) is 42.4 cm³/mol. The molecule has 0 saturated carbocycles. The third-order valence-electron chi connectivity index (χ3n) is 2.82. The molecule has 0 amide bonds. The van der Waals surface area contributed by atoms with Crippen molar-refractivity contribution in [3.05, 3.63) is 0 Å². The maximum atomic E-state index is 11.3. The normalized spacial score (nSPS) is 38.1. The number of carbonyl (C=O) groups is 1. The minimum Gasteiger partial charge on any atom is -0.309 e. The van der Waals surface area contributed by atoms with Gasteiger partial charge in [0.25, 0.3) is 0 Å². The first kappa shape index (κ1) is 7.25. The van der Waals surface area contributed by atoms with Crippen LogP contribution in [0.15, 0.2) is 0 Å². The largest absolute Gasteiger partial charge is 0.309 e. The summed E-state index contributed by atoms with van der Waals surface area (Å²) in [5.74, 6) is 0.372. The number of ketones is 1. The first-order valence-electron chi connectivity index (χ1n) is 4.27. The van der Waals surface area contributed by atoms with E-state index in [0.29, 0.717) is 18.4 Å². The number of nitrogens with one attached hydrogen (secondary N) is 1. The fourth-order valence-electron chi connectivity index (χ4n) is 2.29. The molecule has 0 aromatic carbocycles. The highest BCUT2D eigenvalue weighted by Crippen LogP contribution is 2.25. The molecule has 2 atom stereocenters. The zero-order valence-electron chi connectivity index (χ0n) is 6.84. The molecule has 2 aliphatic heterocycles. The molecular formula is C8H14N2O. The smallest absolute Gasteiger partial charge is 0.165 e. The molecule has 2 heterocycles. The average molecular weight is 154 g/mol. The third kappa shape index (κ3) is 0.993. The van der Waals surface area contributed by atoms with Crippen LogP contribution in [0, 0.1) is 0 Å². The van der Waals surface area contributed by atoms with Crippen LogP contribution in [0.3, 0.4) is 0 Å². The van der Waals surface area contributed by atoms with Gasteiger partial charge >= 0.3 is 0 Å². The van der Waals surface area contributed by atoms with E-state index in [2.05, 4.69) is 10.2 Å². The summed E-state index contributed by atoms with van der Waals surface area (Å²) in [6.07, 6.45) is 2.45. The Bertz CT molecular complexity index is 181. The zero-order valence-corrected chi connectivity index (χ0v) is 6.84. The quantitative estimate of drug-likeness (QED) is 0.559. The molecule has 62 valence electrons. The molecule has 1 unspecified atom stereocenters. The highest BCUT2D eigenvalue weighted by atomic mass is 16.1. The highest BCUT2D eigenvalue weighted by molar-refractivity contribution is 5.89. The number of hydrogen-bond acceptors (Lipinski definition) is 3. The topological polar surface area (TPSA) is 32.3 Å². The second kappa shape index (κ2) is 2.57. The number of Topliss-reactive ketones (excluding diaryl/α,β-unsaturated/α-hetero) is 1. The second-order valence-electron chi connectivity index (χ2n) is 3.41. The van der Waals surface area contributed by atoms with Gasteiger partial charge in [-0.05, 0) is 26.4 Å². The van der Waals surface area contributed by atoms with Crippen molar-refractivity contribution in [2.45, 2.75) is 24.9 Å². The fourth-order valence-corrected chi connectivity index (χ4v) is 2.29. The standard InChI is InChI=1S/C8H14N2O/c1-9-8-6-3-2-4-10(6)5-7(8)11/h6,8-9H,2-5H2,1H3/t6?,8-/m1/s1. The molecule has 2 rings (SSSR count). The summed E-state index contributed by atoms with van der Waals surface area (Å²) in [5, 5.41) is 3.09. The van der Waals surface area contributed by atoms with Crippen LogP contribution >= 0.6 is 0 Å². The van der Waals surface area contributed by atoms with Crippen molar-refractivity contribution >= 4 is 5.78 Å². The Labute approximate surface area is 66.8 Å². The molecule has 0 spiro atoms. The molecule has 2 fully saturated rings. The minimum absolute atomic E-state index is 0.123. The van der Waals surface area contributed by atoms with Gasteiger partial charge in [0.2, 0.25) is 0 Å². The monoisotopic (exact) mass is 154 g/mol. The molecule has 1 N–H and O–H groups in total. The van der Waals surface area contributed by atoms with Crippen LogP contribution in [-0.4, -0.2) is 42.9 Å². The first-order chi connectivity index (χ1) is 5.33. The van der Waals surface area contributed by atoms with Crippen molar-refractivity contribution in [2.75, 3.05) is 20.1 Å². The maximum absolute atomic E-state index is 11.3. The predicted octanol–water partition coefficient (Wildman–Crippen LogP) is -0.378. The van der Waals surface area contributed by atoms with Crippen molar-refractivity contribution < 1.29 is 4.79 Å². The third-order valence-corrected chi connectivity index (χ3v) is 2.82. The Balaban J connectivity index is 2.13. The number of hydrogen-bond donors (Lipinski definition) is 1. The summed E-state index contributed by atoms with van der Waals surface area (Å²) in [6, 6.07) is 0.630. The lowest BCUT2D eigenvalue weighted by Gasteiger charge is -2.17. The summed E-state index contributed by atoms with van der Waals surface area (Å²) < 4.78 is 0. The number of carbonyl (C=O) groups excluding carboxylic acids is 1. The van der Waals surface area contributed by atoms with E-state index in [4.69, 9.17) is 0 Å². The molecule has 3 nitrogen and oxygen atoms in total. The molecular weight excluding hydrogens is 140 g/mol. The number of fused-ring (bicyclic) bond motifs is 1.